The SMILES string of the molecule is CNCc1cnc(Oc2cccc3ncccc23)cn1. The molecule has 0 fully saturated rings. The number of hydrogen-bond donors (Lipinski definition) is 1. The minimum absolute atomic E-state index is 0.473. The van der Waals surface area contributed by atoms with Crippen LogP contribution in [0.5, 0.6) is 11.6 Å². The molecule has 20 heavy (non-hydrogen) atoms. The van der Waals surface area contributed by atoms with Gasteiger partial charge in [-0.1, -0.05) is 6.07 Å². The molecule has 3 rings (SSSR count). The van der Waals surface area contributed by atoms with Gasteiger partial charge in [0.25, 0.3) is 0 Å². The summed E-state index contributed by atoms with van der Waals surface area (Å²) in [7, 11) is 1.87. The molecule has 2 heterocycles. The fraction of sp³-hybridized carbons (Fsp3) is 0.133. The van der Waals surface area contributed by atoms with Crippen LogP contribution in [0.1, 0.15) is 5.69 Å². The lowest BCUT2D eigenvalue weighted by Crippen LogP contribution is -2.07. The van der Waals surface area contributed by atoms with Crippen molar-refractivity contribution in [1.82, 2.24) is 20.3 Å². The van der Waals surface area contributed by atoms with Crippen LogP contribution < -0.4 is 10.1 Å². The molecule has 1 aromatic carbocycles. The molecular formula is C15H14N4O. The molecule has 0 radical (unpaired) electrons. The van der Waals surface area contributed by atoms with E-state index in [1.54, 1.807) is 18.6 Å². The van der Waals surface area contributed by atoms with E-state index < -0.39 is 0 Å². The van der Waals surface area contributed by atoms with E-state index in [-0.39, 0.29) is 0 Å². The molecule has 0 amide bonds. The lowest BCUT2D eigenvalue weighted by atomic mass is 10.2. The summed E-state index contributed by atoms with van der Waals surface area (Å²) in [5, 5.41) is 3.98. The fourth-order valence-electron chi connectivity index (χ4n) is 1.94. The van der Waals surface area contributed by atoms with E-state index in [1.165, 1.54) is 0 Å². The molecular weight excluding hydrogens is 252 g/mol. The molecule has 0 unspecified atom stereocenters. The highest BCUT2D eigenvalue weighted by atomic mass is 16.5. The van der Waals surface area contributed by atoms with Crippen molar-refractivity contribution in [2.45, 2.75) is 6.54 Å². The summed E-state index contributed by atoms with van der Waals surface area (Å²) in [6, 6.07) is 9.61. The largest absolute Gasteiger partial charge is 0.437 e. The maximum Gasteiger partial charge on any atom is 0.237 e. The normalized spacial score (nSPS) is 10.7. The van der Waals surface area contributed by atoms with E-state index in [4.69, 9.17) is 4.74 Å². The first-order valence-electron chi connectivity index (χ1n) is 6.34. The van der Waals surface area contributed by atoms with Crippen molar-refractivity contribution >= 4 is 10.9 Å². The second-order valence-corrected chi connectivity index (χ2v) is 4.30. The van der Waals surface area contributed by atoms with E-state index in [0.29, 0.717) is 12.4 Å². The number of aromatic nitrogens is 3. The van der Waals surface area contributed by atoms with E-state index in [9.17, 15) is 0 Å². The zero-order chi connectivity index (χ0) is 13.8. The van der Waals surface area contributed by atoms with E-state index in [1.807, 2.05) is 37.4 Å². The van der Waals surface area contributed by atoms with Crippen LogP contribution >= 0.6 is 0 Å². The summed E-state index contributed by atoms with van der Waals surface area (Å²) in [4.78, 5) is 12.8. The minimum Gasteiger partial charge on any atom is -0.437 e. The van der Waals surface area contributed by atoms with E-state index >= 15 is 0 Å². The molecule has 0 aliphatic rings. The van der Waals surface area contributed by atoms with Crippen LogP contribution in [0.2, 0.25) is 0 Å². The Morgan fingerprint density at radius 2 is 2.00 bits per heavy atom. The summed E-state index contributed by atoms with van der Waals surface area (Å²) in [6.07, 6.45) is 5.09. The van der Waals surface area contributed by atoms with Gasteiger partial charge in [0.15, 0.2) is 0 Å². The monoisotopic (exact) mass is 266 g/mol. The summed E-state index contributed by atoms with van der Waals surface area (Å²) >= 11 is 0. The third-order valence-electron chi connectivity index (χ3n) is 2.86. The molecule has 5 nitrogen and oxygen atoms in total. The minimum atomic E-state index is 0.473. The third kappa shape index (κ3) is 2.57. The second-order valence-electron chi connectivity index (χ2n) is 4.30. The Kier molecular flexibility index (Phi) is 3.52. The van der Waals surface area contributed by atoms with E-state index in [0.717, 1.165) is 22.3 Å². The number of benzene rings is 1. The number of hydrogen-bond acceptors (Lipinski definition) is 5. The number of fused-ring (bicyclic) bond motifs is 1. The van der Waals surface area contributed by atoms with E-state index in [2.05, 4.69) is 20.3 Å². The zero-order valence-corrected chi connectivity index (χ0v) is 11.1. The van der Waals surface area contributed by atoms with Crippen LogP contribution in [0.25, 0.3) is 10.9 Å². The van der Waals surface area contributed by atoms with Crippen LogP contribution in [0.3, 0.4) is 0 Å². The van der Waals surface area contributed by atoms with Crippen LogP contribution in [0, 0.1) is 0 Å². The molecule has 5 heteroatoms. The number of rotatable bonds is 4. The molecule has 0 saturated carbocycles. The van der Waals surface area contributed by atoms with Crippen molar-refractivity contribution in [3.8, 4) is 11.6 Å². The summed E-state index contributed by atoms with van der Waals surface area (Å²) in [5.41, 5.74) is 1.77. The van der Waals surface area contributed by atoms with Gasteiger partial charge in [-0.3, -0.25) is 9.97 Å². The first-order valence-corrected chi connectivity index (χ1v) is 6.34. The number of nitrogens with one attached hydrogen (secondary N) is 1. The van der Waals surface area contributed by atoms with Crippen molar-refractivity contribution in [3.63, 3.8) is 0 Å². The van der Waals surface area contributed by atoms with Gasteiger partial charge >= 0.3 is 0 Å². The Labute approximate surface area is 116 Å². The van der Waals surface area contributed by atoms with Gasteiger partial charge in [-0.25, -0.2) is 4.98 Å². The van der Waals surface area contributed by atoms with Gasteiger partial charge in [0, 0.05) is 18.1 Å². The molecule has 3 aromatic rings. The van der Waals surface area contributed by atoms with Gasteiger partial charge < -0.3 is 10.1 Å². The summed E-state index contributed by atoms with van der Waals surface area (Å²) < 4.78 is 5.79. The molecule has 0 saturated heterocycles. The highest BCUT2D eigenvalue weighted by Gasteiger charge is 2.05. The van der Waals surface area contributed by atoms with Crippen molar-refractivity contribution in [2.75, 3.05) is 7.05 Å². The smallest absolute Gasteiger partial charge is 0.237 e. The first-order chi connectivity index (χ1) is 9.86. The highest BCUT2D eigenvalue weighted by Crippen LogP contribution is 2.27. The number of ether oxygens (including phenoxy) is 1. The number of pyridine rings is 1. The summed E-state index contributed by atoms with van der Waals surface area (Å²) in [5.74, 6) is 1.20. The molecule has 0 bridgehead atoms. The Hall–Kier alpha value is -2.53. The molecule has 100 valence electrons. The molecule has 0 atom stereocenters. The summed E-state index contributed by atoms with van der Waals surface area (Å²) in [6.45, 7) is 0.686. The average Bonchev–Trinajstić information content (AvgIpc) is 2.50. The Bertz CT molecular complexity index is 707. The van der Waals surface area contributed by atoms with Crippen LogP contribution in [0.4, 0.5) is 0 Å². The van der Waals surface area contributed by atoms with Gasteiger partial charge in [0.2, 0.25) is 5.88 Å². The highest BCUT2D eigenvalue weighted by molar-refractivity contribution is 5.85. The standard InChI is InChI=1S/C15H14N4O/c1-16-8-11-9-19-15(10-18-11)20-14-6-2-5-13-12(14)4-3-7-17-13/h2-7,9-10,16H,8H2,1H3. The van der Waals surface area contributed by atoms with Crippen LogP contribution in [0.15, 0.2) is 48.9 Å². The predicted molar refractivity (Wildman–Crippen MR) is 76.6 cm³/mol. The predicted octanol–water partition coefficient (Wildman–Crippen LogP) is 2.54. The molecule has 0 aliphatic carbocycles. The quantitative estimate of drug-likeness (QED) is 0.786. The third-order valence-corrected chi connectivity index (χ3v) is 2.86. The van der Waals surface area contributed by atoms with Crippen molar-refractivity contribution in [3.05, 3.63) is 54.6 Å². The second kappa shape index (κ2) is 5.63. The first kappa shape index (κ1) is 12.5. The fourth-order valence-corrected chi connectivity index (χ4v) is 1.94. The Balaban J connectivity index is 1.89. The van der Waals surface area contributed by atoms with Crippen LogP contribution in [-0.2, 0) is 6.54 Å². The lowest BCUT2D eigenvalue weighted by Gasteiger charge is -2.07. The van der Waals surface area contributed by atoms with Gasteiger partial charge in [-0.2, -0.15) is 0 Å². The maximum atomic E-state index is 5.79. The van der Waals surface area contributed by atoms with Crippen LogP contribution in [-0.4, -0.2) is 22.0 Å². The van der Waals surface area contributed by atoms with Gasteiger partial charge in [0.05, 0.1) is 23.6 Å². The number of nitrogens with zero attached hydrogens (tertiary/aromatic N) is 3. The van der Waals surface area contributed by atoms with Gasteiger partial charge in [-0.15, -0.1) is 0 Å². The van der Waals surface area contributed by atoms with Crippen molar-refractivity contribution in [1.29, 1.82) is 0 Å². The lowest BCUT2D eigenvalue weighted by molar-refractivity contribution is 0.464. The molecule has 1 N–H and O–H groups in total. The zero-order valence-electron chi connectivity index (χ0n) is 11.1. The Morgan fingerprint density at radius 3 is 2.80 bits per heavy atom. The average molecular weight is 266 g/mol. The van der Waals surface area contributed by atoms with Crippen molar-refractivity contribution in [2.24, 2.45) is 0 Å². The molecule has 0 aliphatic heterocycles. The van der Waals surface area contributed by atoms with Crippen molar-refractivity contribution < 1.29 is 4.74 Å². The maximum absolute atomic E-state index is 5.79. The van der Waals surface area contributed by atoms with Gasteiger partial charge in [-0.05, 0) is 31.3 Å². The molecule has 2 aromatic heterocycles. The Morgan fingerprint density at radius 1 is 1.05 bits per heavy atom. The molecule has 0 spiro atoms. The van der Waals surface area contributed by atoms with Gasteiger partial charge in [0.1, 0.15) is 5.75 Å². The topological polar surface area (TPSA) is 59.9 Å².